The van der Waals surface area contributed by atoms with Crippen molar-refractivity contribution >= 4 is 40.6 Å². The Morgan fingerprint density at radius 1 is 1.19 bits per heavy atom. The number of benzene rings is 2. The van der Waals surface area contributed by atoms with Gasteiger partial charge in [0.05, 0.1) is 10.2 Å². The molecule has 2 aromatic carbocycles. The Hall–Kier alpha value is -2.87. The number of nitro benzene ring substituents is 1. The van der Waals surface area contributed by atoms with Gasteiger partial charge in [0.1, 0.15) is 0 Å². The zero-order chi connectivity index (χ0) is 20.0. The molecule has 2 rings (SSSR count). The van der Waals surface area contributed by atoms with Gasteiger partial charge >= 0.3 is 0 Å². The molecule has 2 amide bonds. The highest BCUT2D eigenvalue weighted by atomic mass is 32.2. The molecule has 0 spiro atoms. The lowest BCUT2D eigenvalue weighted by molar-refractivity contribution is -0.384. The molecule has 0 heterocycles. The van der Waals surface area contributed by atoms with Crippen LogP contribution in [0.1, 0.15) is 25.8 Å². The number of hydrogen-bond donors (Lipinski definition) is 2. The van der Waals surface area contributed by atoms with E-state index in [1.54, 1.807) is 19.1 Å². The van der Waals surface area contributed by atoms with Gasteiger partial charge in [0, 0.05) is 35.3 Å². The number of anilines is 2. The fourth-order valence-electron chi connectivity index (χ4n) is 2.45. The van der Waals surface area contributed by atoms with Gasteiger partial charge < -0.3 is 10.6 Å². The topological polar surface area (TPSA) is 101 Å². The van der Waals surface area contributed by atoms with E-state index in [4.69, 9.17) is 0 Å². The molecule has 0 aliphatic carbocycles. The van der Waals surface area contributed by atoms with Crippen LogP contribution < -0.4 is 10.6 Å². The van der Waals surface area contributed by atoms with Crippen LogP contribution >= 0.6 is 11.8 Å². The van der Waals surface area contributed by atoms with Gasteiger partial charge in [-0.05, 0) is 43.2 Å². The van der Waals surface area contributed by atoms with Crippen molar-refractivity contribution in [2.75, 3.05) is 10.6 Å². The van der Waals surface area contributed by atoms with Crippen molar-refractivity contribution in [2.24, 2.45) is 0 Å². The lowest BCUT2D eigenvalue weighted by Gasteiger charge is -2.16. The van der Waals surface area contributed by atoms with Gasteiger partial charge in [-0.2, -0.15) is 0 Å². The molecular weight excluding hydrogens is 366 g/mol. The fourth-order valence-corrected chi connectivity index (χ4v) is 3.47. The summed E-state index contributed by atoms with van der Waals surface area (Å²) < 4.78 is 0. The Morgan fingerprint density at radius 2 is 1.93 bits per heavy atom. The largest absolute Gasteiger partial charge is 0.326 e. The van der Waals surface area contributed by atoms with Crippen molar-refractivity contribution < 1.29 is 14.5 Å². The van der Waals surface area contributed by atoms with E-state index < -0.39 is 4.92 Å². The summed E-state index contributed by atoms with van der Waals surface area (Å²) >= 11 is 1.40. The number of nitrogens with one attached hydrogen (secondary N) is 2. The summed E-state index contributed by atoms with van der Waals surface area (Å²) in [6.45, 7) is 5.07. The van der Waals surface area contributed by atoms with Crippen LogP contribution in [0.5, 0.6) is 0 Å². The number of carbonyl (C=O) groups excluding carboxylic acids is 2. The lowest BCUT2D eigenvalue weighted by Crippen LogP contribution is -2.25. The summed E-state index contributed by atoms with van der Waals surface area (Å²) in [5, 5.41) is 16.0. The van der Waals surface area contributed by atoms with E-state index in [0.717, 1.165) is 4.90 Å². The van der Waals surface area contributed by atoms with Crippen molar-refractivity contribution in [3.05, 3.63) is 58.1 Å². The molecule has 27 heavy (non-hydrogen) atoms. The summed E-state index contributed by atoms with van der Waals surface area (Å²) in [6, 6.07) is 11.6. The molecular formula is C19H21N3O4S. The highest BCUT2D eigenvalue weighted by Gasteiger charge is 2.19. The monoisotopic (exact) mass is 387 g/mol. The molecule has 2 N–H and O–H groups in total. The second-order valence-corrected chi connectivity index (χ2v) is 7.25. The number of amides is 2. The quantitative estimate of drug-likeness (QED) is 0.417. The zero-order valence-corrected chi connectivity index (χ0v) is 16.1. The van der Waals surface area contributed by atoms with Gasteiger partial charge in [0.2, 0.25) is 11.8 Å². The molecule has 2 aromatic rings. The Balaban J connectivity index is 2.10. The standard InChI is InChI=1S/C19H21N3O4S/c1-4-18(27-16-7-5-6-14(11-16)20-13(3)23)19(24)21-17-9-8-15(22(25)26)10-12(17)2/h5-11,18H,4H2,1-3H3,(H,20,23)(H,21,24). The Labute approximate surface area is 161 Å². The highest BCUT2D eigenvalue weighted by molar-refractivity contribution is 8.00. The van der Waals surface area contributed by atoms with E-state index in [2.05, 4.69) is 10.6 Å². The van der Waals surface area contributed by atoms with Gasteiger partial charge in [-0.3, -0.25) is 19.7 Å². The molecule has 8 heteroatoms. The first-order valence-corrected chi connectivity index (χ1v) is 9.28. The van der Waals surface area contributed by atoms with E-state index in [-0.39, 0.29) is 22.8 Å². The number of rotatable bonds is 7. The van der Waals surface area contributed by atoms with Gasteiger partial charge in [-0.1, -0.05) is 13.0 Å². The van der Waals surface area contributed by atoms with Crippen molar-refractivity contribution in [2.45, 2.75) is 37.3 Å². The first-order valence-electron chi connectivity index (χ1n) is 8.40. The van der Waals surface area contributed by atoms with Crippen LogP contribution in [0.3, 0.4) is 0 Å². The number of nitrogens with zero attached hydrogens (tertiary/aromatic N) is 1. The highest BCUT2D eigenvalue weighted by Crippen LogP contribution is 2.29. The predicted molar refractivity (Wildman–Crippen MR) is 107 cm³/mol. The first kappa shape index (κ1) is 20.4. The molecule has 0 fully saturated rings. The Bertz CT molecular complexity index is 870. The molecule has 0 aliphatic rings. The van der Waals surface area contributed by atoms with Gasteiger partial charge in [0.15, 0.2) is 0 Å². The maximum Gasteiger partial charge on any atom is 0.269 e. The average Bonchev–Trinajstić information content (AvgIpc) is 2.60. The summed E-state index contributed by atoms with van der Waals surface area (Å²) in [5.74, 6) is -0.333. The minimum atomic E-state index is -0.467. The van der Waals surface area contributed by atoms with Crippen LogP contribution in [0.2, 0.25) is 0 Å². The molecule has 0 bridgehead atoms. The predicted octanol–water partition coefficient (Wildman–Crippen LogP) is 4.37. The molecule has 0 saturated heterocycles. The minimum Gasteiger partial charge on any atom is -0.326 e. The van der Waals surface area contributed by atoms with E-state index >= 15 is 0 Å². The van der Waals surface area contributed by atoms with Crippen LogP contribution in [-0.4, -0.2) is 22.0 Å². The third-order valence-corrected chi connectivity index (χ3v) is 5.13. The SMILES string of the molecule is CCC(Sc1cccc(NC(C)=O)c1)C(=O)Nc1ccc([N+](=O)[O-])cc1C. The Morgan fingerprint density at radius 3 is 2.52 bits per heavy atom. The number of carbonyl (C=O) groups is 2. The molecule has 0 saturated carbocycles. The van der Waals surface area contributed by atoms with Crippen molar-refractivity contribution in [1.82, 2.24) is 0 Å². The second kappa shape index (κ2) is 9.18. The fraction of sp³-hybridized carbons (Fsp3) is 0.263. The van der Waals surface area contributed by atoms with Crippen LogP contribution in [0.25, 0.3) is 0 Å². The molecule has 0 radical (unpaired) electrons. The van der Waals surface area contributed by atoms with E-state index in [1.165, 1.54) is 30.8 Å². The van der Waals surface area contributed by atoms with Crippen molar-refractivity contribution in [3.63, 3.8) is 0 Å². The molecule has 0 aliphatic heterocycles. The molecule has 1 atom stereocenters. The maximum atomic E-state index is 12.6. The minimum absolute atomic E-state index is 0.0123. The summed E-state index contributed by atoms with van der Waals surface area (Å²) in [7, 11) is 0. The van der Waals surface area contributed by atoms with E-state index in [1.807, 2.05) is 25.1 Å². The summed E-state index contributed by atoms with van der Waals surface area (Å²) in [6.07, 6.45) is 0.604. The number of thioether (sulfide) groups is 1. The van der Waals surface area contributed by atoms with Gasteiger partial charge in [-0.25, -0.2) is 0 Å². The smallest absolute Gasteiger partial charge is 0.269 e. The third kappa shape index (κ3) is 5.82. The summed E-state index contributed by atoms with van der Waals surface area (Å²) in [5.41, 5.74) is 1.84. The first-order chi connectivity index (χ1) is 12.8. The lowest BCUT2D eigenvalue weighted by atomic mass is 10.1. The number of aryl methyl sites for hydroxylation is 1. The summed E-state index contributed by atoms with van der Waals surface area (Å²) in [4.78, 5) is 35.1. The number of non-ortho nitro benzene ring substituents is 1. The van der Waals surface area contributed by atoms with Crippen LogP contribution in [-0.2, 0) is 9.59 Å². The second-order valence-electron chi connectivity index (χ2n) is 5.97. The van der Waals surface area contributed by atoms with Crippen molar-refractivity contribution in [1.29, 1.82) is 0 Å². The number of nitro groups is 1. The number of hydrogen-bond acceptors (Lipinski definition) is 5. The maximum absolute atomic E-state index is 12.6. The van der Waals surface area contributed by atoms with Gasteiger partial charge in [-0.15, -0.1) is 11.8 Å². The molecule has 142 valence electrons. The molecule has 0 aromatic heterocycles. The Kier molecular flexibility index (Phi) is 6.95. The third-order valence-electron chi connectivity index (χ3n) is 3.77. The van der Waals surface area contributed by atoms with Crippen LogP contribution in [0.4, 0.5) is 17.1 Å². The molecule has 7 nitrogen and oxygen atoms in total. The normalized spacial score (nSPS) is 11.5. The average molecular weight is 387 g/mol. The zero-order valence-electron chi connectivity index (χ0n) is 15.3. The molecule has 1 unspecified atom stereocenters. The van der Waals surface area contributed by atoms with Gasteiger partial charge in [0.25, 0.3) is 5.69 Å². The van der Waals surface area contributed by atoms with Crippen molar-refractivity contribution in [3.8, 4) is 0 Å². The van der Waals surface area contributed by atoms with Crippen LogP contribution in [0.15, 0.2) is 47.4 Å². The van der Waals surface area contributed by atoms with E-state index in [9.17, 15) is 19.7 Å². The van der Waals surface area contributed by atoms with E-state index in [0.29, 0.717) is 23.4 Å². The van der Waals surface area contributed by atoms with Crippen LogP contribution in [0, 0.1) is 17.0 Å².